The molecule has 18 heavy (non-hydrogen) atoms. The fourth-order valence-electron chi connectivity index (χ4n) is 1.41. The third-order valence-electron chi connectivity index (χ3n) is 2.29. The number of ether oxygens (including phenoxy) is 1. The molecule has 0 aliphatic carbocycles. The van der Waals surface area contributed by atoms with Gasteiger partial charge in [-0.05, 0) is 30.3 Å². The van der Waals surface area contributed by atoms with Crippen molar-refractivity contribution >= 4 is 17.5 Å². The van der Waals surface area contributed by atoms with Crippen molar-refractivity contribution in [1.29, 1.82) is 0 Å². The molecule has 1 heterocycles. The quantitative estimate of drug-likeness (QED) is 0.925. The van der Waals surface area contributed by atoms with Gasteiger partial charge in [0, 0.05) is 12.1 Å². The Morgan fingerprint density at radius 2 is 2.22 bits per heavy atom. The first-order valence-corrected chi connectivity index (χ1v) is 5.76. The van der Waals surface area contributed by atoms with Crippen LogP contribution in [0.25, 0.3) is 0 Å². The highest BCUT2D eigenvalue weighted by atomic mass is 35.5. The van der Waals surface area contributed by atoms with Crippen molar-refractivity contribution in [2.24, 2.45) is 0 Å². The Balaban J connectivity index is 1.98. The summed E-state index contributed by atoms with van der Waals surface area (Å²) in [5.74, 6) is 1.24. The van der Waals surface area contributed by atoms with E-state index in [0.717, 1.165) is 0 Å². The van der Waals surface area contributed by atoms with Gasteiger partial charge in [0.15, 0.2) is 5.76 Å². The van der Waals surface area contributed by atoms with Crippen LogP contribution in [0, 0.1) is 0 Å². The molecule has 0 fully saturated rings. The van der Waals surface area contributed by atoms with E-state index in [1.165, 1.54) is 0 Å². The van der Waals surface area contributed by atoms with Gasteiger partial charge in [-0.1, -0.05) is 17.7 Å². The molecule has 4 nitrogen and oxygen atoms in total. The molecule has 2 aromatic rings. The number of amides is 1. The first-order valence-electron chi connectivity index (χ1n) is 5.38. The molecule has 1 N–H and O–H groups in total. The van der Waals surface area contributed by atoms with E-state index in [1.54, 1.807) is 43.4 Å². The van der Waals surface area contributed by atoms with Gasteiger partial charge in [0.05, 0.1) is 0 Å². The lowest BCUT2D eigenvalue weighted by atomic mass is 10.3. The third kappa shape index (κ3) is 3.05. The maximum atomic E-state index is 11.3. The van der Waals surface area contributed by atoms with E-state index in [2.05, 4.69) is 5.32 Å². The van der Waals surface area contributed by atoms with E-state index in [-0.39, 0.29) is 18.3 Å². The summed E-state index contributed by atoms with van der Waals surface area (Å²) in [6.45, 7) is 0.247. The molecular weight excluding hydrogens is 254 g/mol. The molecule has 0 unspecified atom stereocenters. The molecule has 0 aliphatic heterocycles. The summed E-state index contributed by atoms with van der Waals surface area (Å²) >= 11 is 5.83. The minimum Gasteiger partial charge on any atom is -0.486 e. The second kappa shape index (κ2) is 5.60. The molecular formula is C13H12ClNO3. The number of hydrogen-bond acceptors (Lipinski definition) is 3. The number of benzene rings is 1. The molecule has 0 atom stereocenters. The van der Waals surface area contributed by atoms with Gasteiger partial charge in [-0.2, -0.15) is 0 Å². The normalized spacial score (nSPS) is 10.1. The Kier molecular flexibility index (Phi) is 3.89. The molecule has 0 aliphatic rings. The molecule has 0 saturated heterocycles. The van der Waals surface area contributed by atoms with Gasteiger partial charge >= 0.3 is 0 Å². The summed E-state index contributed by atoms with van der Waals surface area (Å²) in [4.78, 5) is 11.3. The lowest BCUT2D eigenvalue weighted by molar-refractivity contribution is 0.0931. The Morgan fingerprint density at radius 1 is 1.39 bits per heavy atom. The molecule has 2 rings (SSSR count). The largest absolute Gasteiger partial charge is 0.486 e. The summed E-state index contributed by atoms with van der Waals surface area (Å²) in [5, 5.41) is 3.09. The predicted molar refractivity (Wildman–Crippen MR) is 67.9 cm³/mol. The van der Waals surface area contributed by atoms with E-state index in [9.17, 15) is 4.79 Å². The van der Waals surface area contributed by atoms with E-state index >= 15 is 0 Å². The van der Waals surface area contributed by atoms with Crippen LogP contribution in [-0.2, 0) is 6.61 Å². The highest BCUT2D eigenvalue weighted by Gasteiger charge is 2.09. The summed E-state index contributed by atoms with van der Waals surface area (Å²) in [6, 6.07) is 10.4. The molecule has 94 valence electrons. The molecule has 1 amide bonds. The fraction of sp³-hybridized carbons (Fsp3) is 0.154. The van der Waals surface area contributed by atoms with Gasteiger partial charge in [0.1, 0.15) is 18.1 Å². The lowest BCUT2D eigenvalue weighted by Crippen LogP contribution is -2.16. The second-order valence-corrected chi connectivity index (χ2v) is 4.03. The van der Waals surface area contributed by atoms with Gasteiger partial charge in [-0.25, -0.2) is 0 Å². The van der Waals surface area contributed by atoms with Crippen LogP contribution < -0.4 is 10.1 Å². The van der Waals surface area contributed by atoms with Crippen LogP contribution in [0.4, 0.5) is 0 Å². The van der Waals surface area contributed by atoms with Crippen LogP contribution >= 0.6 is 11.6 Å². The third-order valence-corrected chi connectivity index (χ3v) is 2.52. The molecule has 0 bridgehead atoms. The van der Waals surface area contributed by atoms with Crippen molar-refractivity contribution in [1.82, 2.24) is 5.32 Å². The van der Waals surface area contributed by atoms with Gasteiger partial charge in [-0.3, -0.25) is 4.79 Å². The SMILES string of the molecule is CNC(=O)c1ccc(COc2cccc(Cl)c2)o1. The minimum atomic E-state index is -0.260. The maximum absolute atomic E-state index is 11.3. The van der Waals surface area contributed by atoms with Crippen LogP contribution in [0.15, 0.2) is 40.8 Å². The van der Waals surface area contributed by atoms with Crippen molar-refractivity contribution in [3.05, 3.63) is 52.9 Å². The standard InChI is InChI=1S/C13H12ClNO3/c1-15-13(16)12-6-5-11(18-12)8-17-10-4-2-3-9(14)7-10/h2-7H,8H2,1H3,(H,15,16). The van der Waals surface area contributed by atoms with Crippen molar-refractivity contribution < 1.29 is 13.9 Å². The van der Waals surface area contributed by atoms with Crippen LogP contribution in [0.3, 0.4) is 0 Å². The predicted octanol–water partition coefficient (Wildman–Crippen LogP) is 2.87. The maximum Gasteiger partial charge on any atom is 0.286 e. The monoisotopic (exact) mass is 265 g/mol. The van der Waals surface area contributed by atoms with E-state index in [1.807, 2.05) is 0 Å². The van der Waals surface area contributed by atoms with Gasteiger partial charge in [-0.15, -0.1) is 0 Å². The van der Waals surface area contributed by atoms with Crippen LogP contribution in [-0.4, -0.2) is 13.0 Å². The Hall–Kier alpha value is -1.94. The number of rotatable bonds is 4. The number of carbonyl (C=O) groups is 1. The van der Waals surface area contributed by atoms with Gasteiger partial charge < -0.3 is 14.5 Å². The van der Waals surface area contributed by atoms with Gasteiger partial charge in [0.2, 0.25) is 0 Å². The molecule has 0 radical (unpaired) electrons. The van der Waals surface area contributed by atoms with Crippen molar-refractivity contribution in [3.63, 3.8) is 0 Å². The van der Waals surface area contributed by atoms with E-state index in [0.29, 0.717) is 16.5 Å². The van der Waals surface area contributed by atoms with Crippen molar-refractivity contribution in [2.45, 2.75) is 6.61 Å². The summed E-state index contributed by atoms with van der Waals surface area (Å²) in [5.41, 5.74) is 0. The summed E-state index contributed by atoms with van der Waals surface area (Å²) in [6.07, 6.45) is 0. The second-order valence-electron chi connectivity index (χ2n) is 3.59. The first-order chi connectivity index (χ1) is 8.69. The number of nitrogens with one attached hydrogen (secondary N) is 1. The van der Waals surface area contributed by atoms with E-state index < -0.39 is 0 Å². The van der Waals surface area contributed by atoms with Crippen LogP contribution in [0.1, 0.15) is 16.3 Å². The summed E-state index contributed by atoms with van der Waals surface area (Å²) < 4.78 is 10.8. The Bertz CT molecular complexity index is 551. The van der Waals surface area contributed by atoms with Crippen molar-refractivity contribution in [2.75, 3.05) is 7.05 Å². The number of halogens is 1. The average Bonchev–Trinajstić information content (AvgIpc) is 2.84. The summed E-state index contributed by atoms with van der Waals surface area (Å²) in [7, 11) is 1.55. The number of furan rings is 1. The molecule has 1 aromatic carbocycles. The Morgan fingerprint density at radius 3 is 2.94 bits per heavy atom. The average molecular weight is 266 g/mol. The first kappa shape index (κ1) is 12.5. The molecule has 0 spiro atoms. The fourth-order valence-corrected chi connectivity index (χ4v) is 1.59. The molecule has 5 heteroatoms. The number of carbonyl (C=O) groups excluding carboxylic acids is 1. The molecule has 0 saturated carbocycles. The molecule has 1 aromatic heterocycles. The van der Waals surface area contributed by atoms with Crippen LogP contribution in [0.5, 0.6) is 5.75 Å². The number of hydrogen-bond donors (Lipinski definition) is 1. The van der Waals surface area contributed by atoms with Crippen molar-refractivity contribution in [3.8, 4) is 5.75 Å². The zero-order valence-electron chi connectivity index (χ0n) is 9.77. The Labute approximate surface area is 110 Å². The zero-order chi connectivity index (χ0) is 13.0. The topological polar surface area (TPSA) is 51.5 Å². The van der Waals surface area contributed by atoms with Crippen LogP contribution in [0.2, 0.25) is 5.02 Å². The zero-order valence-corrected chi connectivity index (χ0v) is 10.5. The highest BCUT2D eigenvalue weighted by Crippen LogP contribution is 2.19. The van der Waals surface area contributed by atoms with Gasteiger partial charge in [0.25, 0.3) is 5.91 Å². The lowest BCUT2D eigenvalue weighted by Gasteiger charge is -2.04. The minimum absolute atomic E-state index is 0.247. The van der Waals surface area contributed by atoms with E-state index in [4.69, 9.17) is 20.8 Å². The highest BCUT2D eigenvalue weighted by molar-refractivity contribution is 6.30. The smallest absolute Gasteiger partial charge is 0.286 e.